The topological polar surface area (TPSA) is 76.1 Å². The normalized spacial score (nSPS) is 19.5. The molecule has 3 aromatic rings. The highest BCUT2D eigenvalue weighted by molar-refractivity contribution is 5.98. The van der Waals surface area contributed by atoms with E-state index in [1.165, 1.54) is 12.8 Å². The van der Waals surface area contributed by atoms with E-state index >= 15 is 0 Å². The van der Waals surface area contributed by atoms with Gasteiger partial charge in [0, 0.05) is 37.1 Å². The molecule has 1 atom stereocenters. The van der Waals surface area contributed by atoms with Crippen LogP contribution in [-0.4, -0.2) is 46.4 Å². The Bertz CT molecular complexity index is 1140. The van der Waals surface area contributed by atoms with Crippen LogP contribution in [0.5, 0.6) is 5.75 Å². The zero-order valence-corrected chi connectivity index (χ0v) is 18.2. The van der Waals surface area contributed by atoms with Gasteiger partial charge >= 0.3 is 0 Å². The van der Waals surface area contributed by atoms with Crippen LogP contribution in [0.3, 0.4) is 0 Å². The van der Waals surface area contributed by atoms with Crippen molar-refractivity contribution in [2.45, 2.75) is 33.2 Å². The van der Waals surface area contributed by atoms with E-state index in [0.717, 1.165) is 53.7 Å². The van der Waals surface area contributed by atoms with Crippen molar-refractivity contribution in [2.24, 2.45) is 5.92 Å². The number of fused-ring (bicyclic) bond motifs is 2. The molecule has 1 fully saturated rings. The molecule has 7 nitrogen and oxygen atoms in total. The molecule has 0 aliphatic carbocycles. The highest BCUT2D eigenvalue weighted by Gasteiger charge is 2.26. The van der Waals surface area contributed by atoms with Crippen molar-refractivity contribution in [3.05, 3.63) is 42.2 Å². The van der Waals surface area contributed by atoms with Crippen LogP contribution in [0.2, 0.25) is 0 Å². The van der Waals surface area contributed by atoms with Gasteiger partial charge in [0.1, 0.15) is 11.4 Å². The van der Waals surface area contributed by atoms with Crippen LogP contribution in [0.25, 0.3) is 16.9 Å². The lowest BCUT2D eigenvalue weighted by molar-refractivity contribution is -0.121. The minimum absolute atomic E-state index is 0.0162. The number of hydrogen-bond donors (Lipinski definition) is 1. The second-order valence-electron chi connectivity index (χ2n) is 8.69. The van der Waals surface area contributed by atoms with E-state index in [1.54, 1.807) is 4.90 Å². The minimum Gasteiger partial charge on any atom is -0.482 e. The Labute approximate surface area is 182 Å². The van der Waals surface area contributed by atoms with Gasteiger partial charge in [0.15, 0.2) is 6.61 Å². The molecule has 0 bridgehead atoms. The van der Waals surface area contributed by atoms with Crippen LogP contribution < -0.4 is 15.4 Å². The number of likely N-dealkylation sites (N-methyl/N-ethyl adjacent to an activating group) is 1. The van der Waals surface area contributed by atoms with Gasteiger partial charge in [0.2, 0.25) is 0 Å². The van der Waals surface area contributed by atoms with Crippen LogP contribution in [-0.2, 0) is 11.3 Å². The standard InChI is InChI=1S/C24H29N5O2/c1-3-28-19-11-17(6-8-21(19)31-15-23(28)30)24-20(14-27-10-4-5-16(2)12-27)29-13-18(25)7-9-22(29)26-24/h6-9,11,13,16H,3-5,10,12,14-15,25H2,1-2H3. The molecular weight excluding hydrogens is 390 g/mol. The zero-order chi connectivity index (χ0) is 21.5. The number of nitrogen functional groups attached to an aromatic ring is 1. The average molecular weight is 420 g/mol. The Morgan fingerprint density at radius 3 is 2.94 bits per heavy atom. The third-order valence-electron chi connectivity index (χ3n) is 6.35. The first-order valence-corrected chi connectivity index (χ1v) is 11.1. The van der Waals surface area contributed by atoms with Gasteiger partial charge < -0.3 is 19.8 Å². The van der Waals surface area contributed by atoms with Crippen molar-refractivity contribution in [1.82, 2.24) is 14.3 Å². The third-order valence-corrected chi connectivity index (χ3v) is 6.35. The Hall–Kier alpha value is -3.06. The number of carbonyl (C=O) groups excluding carboxylic acids is 1. The van der Waals surface area contributed by atoms with Gasteiger partial charge in [-0.15, -0.1) is 0 Å². The highest BCUT2D eigenvalue weighted by atomic mass is 16.5. The largest absolute Gasteiger partial charge is 0.482 e. The van der Waals surface area contributed by atoms with Gasteiger partial charge in [0.25, 0.3) is 5.91 Å². The van der Waals surface area contributed by atoms with E-state index in [0.29, 0.717) is 18.2 Å². The molecule has 1 aromatic carbocycles. The van der Waals surface area contributed by atoms with Gasteiger partial charge in [-0.05, 0) is 62.6 Å². The van der Waals surface area contributed by atoms with Crippen LogP contribution in [0.15, 0.2) is 36.5 Å². The van der Waals surface area contributed by atoms with Gasteiger partial charge in [-0.25, -0.2) is 4.98 Å². The van der Waals surface area contributed by atoms with Crippen molar-refractivity contribution in [1.29, 1.82) is 0 Å². The number of aromatic nitrogens is 2. The van der Waals surface area contributed by atoms with Crippen molar-refractivity contribution < 1.29 is 9.53 Å². The maximum absolute atomic E-state index is 12.3. The van der Waals surface area contributed by atoms with E-state index in [-0.39, 0.29) is 12.5 Å². The Morgan fingerprint density at radius 2 is 2.13 bits per heavy atom. The second kappa shape index (κ2) is 7.89. The van der Waals surface area contributed by atoms with Crippen molar-refractivity contribution in [3.63, 3.8) is 0 Å². The molecule has 1 amide bonds. The second-order valence-corrected chi connectivity index (χ2v) is 8.69. The quantitative estimate of drug-likeness (QED) is 0.700. The molecule has 31 heavy (non-hydrogen) atoms. The molecule has 7 heteroatoms. The fourth-order valence-corrected chi connectivity index (χ4v) is 4.83. The van der Waals surface area contributed by atoms with E-state index in [4.69, 9.17) is 15.5 Å². The van der Waals surface area contributed by atoms with Gasteiger partial charge in [0.05, 0.1) is 17.1 Å². The summed E-state index contributed by atoms with van der Waals surface area (Å²) in [4.78, 5) is 21.6. The summed E-state index contributed by atoms with van der Waals surface area (Å²) < 4.78 is 7.77. The number of hydrogen-bond acceptors (Lipinski definition) is 5. The minimum atomic E-state index is -0.0162. The Kier molecular flexibility index (Phi) is 5.06. The molecule has 162 valence electrons. The number of ether oxygens (including phenoxy) is 1. The number of amides is 1. The molecule has 4 heterocycles. The summed E-state index contributed by atoms with van der Waals surface area (Å²) in [6.07, 6.45) is 4.46. The molecule has 0 radical (unpaired) electrons. The van der Waals surface area contributed by atoms with Gasteiger partial charge in [-0.2, -0.15) is 0 Å². The molecule has 0 spiro atoms. The molecule has 2 aliphatic rings. The summed E-state index contributed by atoms with van der Waals surface area (Å²) >= 11 is 0. The molecule has 1 unspecified atom stereocenters. The average Bonchev–Trinajstić information content (AvgIpc) is 3.11. The molecule has 2 N–H and O–H groups in total. The lowest BCUT2D eigenvalue weighted by Gasteiger charge is -2.31. The molecule has 2 aromatic heterocycles. The number of carbonyl (C=O) groups is 1. The maximum Gasteiger partial charge on any atom is 0.265 e. The van der Waals surface area contributed by atoms with Crippen LogP contribution in [0, 0.1) is 5.92 Å². The first-order valence-electron chi connectivity index (χ1n) is 11.1. The summed E-state index contributed by atoms with van der Waals surface area (Å²) in [7, 11) is 0. The van der Waals surface area contributed by atoms with Crippen LogP contribution in [0.4, 0.5) is 11.4 Å². The number of rotatable bonds is 4. The van der Waals surface area contributed by atoms with E-state index < -0.39 is 0 Å². The van der Waals surface area contributed by atoms with Crippen molar-refractivity contribution in [3.8, 4) is 17.0 Å². The van der Waals surface area contributed by atoms with Crippen LogP contribution in [0.1, 0.15) is 32.4 Å². The summed E-state index contributed by atoms with van der Waals surface area (Å²) in [6.45, 7) is 8.00. The monoisotopic (exact) mass is 419 g/mol. The lowest BCUT2D eigenvalue weighted by atomic mass is 10.00. The number of imidazole rings is 1. The summed E-state index contributed by atoms with van der Waals surface area (Å²) in [5.41, 5.74) is 11.6. The number of likely N-dealkylation sites (tertiary alicyclic amines) is 1. The van der Waals surface area contributed by atoms with Gasteiger partial charge in [-0.1, -0.05) is 6.92 Å². The smallest absolute Gasteiger partial charge is 0.265 e. The summed E-state index contributed by atoms with van der Waals surface area (Å²) in [5, 5.41) is 0. The number of benzene rings is 1. The number of nitrogens with two attached hydrogens (primary N) is 1. The highest BCUT2D eigenvalue weighted by Crippen LogP contribution is 2.37. The van der Waals surface area contributed by atoms with E-state index in [9.17, 15) is 4.79 Å². The number of pyridine rings is 1. The van der Waals surface area contributed by atoms with E-state index in [2.05, 4.69) is 16.2 Å². The van der Waals surface area contributed by atoms with Crippen molar-refractivity contribution >= 4 is 22.9 Å². The summed E-state index contributed by atoms with van der Waals surface area (Å²) in [6, 6.07) is 9.87. The molecule has 5 rings (SSSR count). The predicted octanol–water partition coefficient (Wildman–Crippen LogP) is 3.56. The Balaban J connectivity index is 1.61. The first-order chi connectivity index (χ1) is 15.0. The van der Waals surface area contributed by atoms with Crippen molar-refractivity contribution in [2.75, 3.05) is 36.9 Å². The van der Waals surface area contributed by atoms with Crippen LogP contribution >= 0.6 is 0 Å². The molecule has 0 saturated carbocycles. The zero-order valence-electron chi connectivity index (χ0n) is 18.2. The number of nitrogens with zero attached hydrogens (tertiary/aromatic N) is 4. The number of piperidine rings is 1. The summed E-state index contributed by atoms with van der Waals surface area (Å²) in [5.74, 6) is 1.42. The fraction of sp³-hybridized carbons (Fsp3) is 0.417. The maximum atomic E-state index is 12.3. The van der Waals surface area contributed by atoms with Gasteiger partial charge in [-0.3, -0.25) is 9.69 Å². The fourth-order valence-electron chi connectivity index (χ4n) is 4.83. The molecule has 2 aliphatic heterocycles. The predicted molar refractivity (Wildman–Crippen MR) is 122 cm³/mol. The third kappa shape index (κ3) is 3.63. The molecular formula is C24H29N5O2. The van der Waals surface area contributed by atoms with E-state index in [1.807, 2.05) is 43.5 Å². The SMILES string of the molecule is CCN1C(=O)COc2ccc(-c3nc4ccc(N)cn4c3CN3CCCC(C)C3)cc21. The molecule has 1 saturated heterocycles. The first kappa shape index (κ1) is 19.9. The lowest BCUT2D eigenvalue weighted by Crippen LogP contribution is -2.38. The number of anilines is 2. The Morgan fingerprint density at radius 1 is 1.26 bits per heavy atom.